The Bertz CT molecular complexity index is 302. The van der Waals surface area contributed by atoms with Gasteiger partial charge in [0.15, 0.2) is 0 Å². The highest BCUT2D eigenvalue weighted by molar-refractivity contribution is 5.89. The second-order valence-electron chi connectivity index (χ2n) is 2.94. The maximum atomic E-state index is 11.3. The van der Waals surface area contributed by atoms with E-state index in [4.69, 9.17) is 10.2 Å². The summed E-state index contributed by atoms with van der Waals surface area (Å²) in [6, 6.07) is 8.47. The minimum absolute atomic E-state index is 0.00489. The molecule has 15 heavy (non-hydrogen) atoms. The summed E-state index contributed by atoms with van der Waals surface area (Å²) < 4.78 is 0. The molecule has 0 amide bonds. The number of aliphatic hydroxyl groups excluding tert-OH is 2. The quantitative estimate of drug-likeness (QED) is 0.583. The average Bonchev–Trinajstić information content (AvgIpc) is 2.29. The van der Waals surface area contributed by atoms with Crippen LogP contribution in [0.5, 0.6) is 0 Å². The van der Waals surface area contributed by atoms with Crippen molar-refractivity contribution in [2.45, 2.75) is 6.10 Å². The zero-order chi connectivity index (χ0) is 11.1. The van der Waals surface area contributed by atoms with Gasteiger partial charge in [-0.05, 0) is 12.1 Å². The molecule has 82 valence electrons. The number of hydrogen-bond donors (Lipinski definition) is 3. The highest BCUT2D eigenvalue weighted by Crippen LogP contribution is 1.99. The molecule has 1 atom stereocenters. The third-order valence-corrected chi connectivity index (χ3v) is 1.70. The van der Waals surface area contributed by atoms with Gasteiger partial charge in [0, 0.05) is 0 Å². The summed E-state index contributed by atoms with van der Waals surface area (Å²) in [5.74, 6) is -0.527. The van der Waals surface area contributed by atoms with E-state index in [0.717, 1.165) is 0 Å². The van der Waals surface area contributed by atoms with Crippen LogP contribution in [0, 0.1) is 0 Å². The molecule has 0 aromatic heterocycles. The summed E-state index contributed by atoms with van der Waals surface area (Å²) in [5.41, 5.74) is 2.69. The minimum Gasteiger partial charge on any atom is -0.394 e. The summed E-state index contributed by atoms with van der Waals surface area (Å²) in [6.45, 7) is -0.384. The Hall–Kier alpha value is -1.43. The van der Waals surface area contributed by atoms with Crippen LogP contribution in [-0.4, -0.2) is 35.4 Å². The molecular weight excluding hydrogens is 198 g/mol. The first-order valence-electron chi connectivity index (χ1n) is 4.52. The zero-order valence-corrected chi connectivity index (χ0v) is 8.09. The molecule has 0 aliphatic carbocycles. The molecule has 0 aliphatic heterocycles. The molecular formula is C10H13NO4. The van der Waals surface area contributed by atoms with Crippen LogP contribution in [0.25, 0.3) is 0 Å². The number of nitrogens with one attached hydrogen (secondary N) is 1. The first kappa shape index (κ1) is 11.6. The van der Waals surface area contributed by atoms with Gasteiger partial charge < -0.3 is 15.1 Å². The summed E-state index contributed by atoms with van der Waals surface area (Å²) in [6.07, 6.45) is -0.937. The lowest BCUT2D eigenvalue weighted by Crippen LogP contribution is -2.31. The molecule has 0 aliphatic rings. The van der Waals surface area contributed by atoms with Gasteiger partial charge in [-0.1, -0.05) is 18.2 Å². The van der Waals surface area contributed by atoms with E-state index in [1.54, 1.807) is 30.3 Å². The highest BCUT2D eigenvalue weighted by atomic mass is 16.7. The highest BCUT2D eigenvalue weighted by Gasteiger charge is 2.07. The van der Waals surface area contributed by atoms with Crippen molar-refractivity contribution >= 4 is 5.97 Å². The monoisotopic (exact) mass is 211 g/mol. The number of hydrogen-bond acceptors (Lipinski definition) is 5. The summed E-state index contributed by atoms with van der Waals surface area (Å²) in [4.78, 5) is 15.9. The van der Waals surface area contributed by atoms with Gasteiger partial charge in [0.25, 0.3) is 0 Å². The van der Waals surface area contributed by atoms with Crippen molar-refractivity contribution in [2.24, 2.45) is 0 Å². The first-order valence-corrected chi connectivity index (χ1v) is 4.52. The van der Waals surface area contributed by atoms with Crippen molar-refractivity contribution in [3.63, 3.8) is 0 Å². The third kappa shape index (κ3) is 4.07. The second kappa shape index (κ2) is 6.13. The molecule has 0 saturated carbocycles. The van der Waals surface area contributed by atoms with Gasteiger partial charge in [0.1, 0.15) is 0 Å². The van der Waals surface area contributed by atoms with Crippen LogP contribution in [0.1, 0.15) is 10.4 Å². The Labute approximate surface area is 87.3 Å². The van der Waals surface area contributed by atoms with E-state index >= 15 is 0 Å². The van der Waals surface area contributed by atoms with Crippen LogP contribution in [0.3, 0.4) is 0 Å². The number of hydroxylamine groups is 1. The largest absolute Gasteiger partial charge is 0.394 e. The topological polar surface area (TPSA) is 78.8 Å². The van der Waals surface area contributed by atoms with Crippen molar-refractivity contribution in [2.75, 3.05) is 13.2 Å². The molecule has 0 radical (unpaired) electrons. The Morgan fingerprint density at radius 2 is 2.07 bits per heavy atom. The first-order chi connectivity index (χ1) is 7.24. The molecule has 5 heteroatoms. The van der Waals surface area contributed by atoms with E-state index in [1.807, 2.05) is 0 Å². The van der Waals surface area contributed by atoms with Crippen LogP contribution in [0.4, 0.5) is 0 Å². The van der Waals surface area contributed by atoms with Crippen molar-refractivity contribution in [3.05, 3.63) is 35.9 Å². The van der Waals surface area contributed by atoms with E-state index in [1.165, 1.54) is 0 Å². The molecule has 1 aromatic carbocycles. The summed E-state index contributed by atoms with van der Waals surface area (Å²) in [5, 5.41) is 17.4. The van der Waals surface area contributed by atoms with Crippen LogP contribution < -0.4 is 5.48 Å². The maximum Gasteiger partial charge on any atom is 0.356 e. The Morgan fingerprint density at radius 1 is 1.40 bits per heavy atom. The molecule has 1 unspecified atom stereocenters. The second-order valence-corrected chi connectivity index (χ2v) is 2.94. The van der Waals surface area contributed by atoms with Gasteiger partial charge >= 0.3 is 5.97 Å². The van der Waals surface area contributed by atoms with Crippen LogP contribution in [-0.2, 0) is 4.84 Å². The Kier molecular flexibility index (Phi) is 4.76. The van der Waals surface area contributed by atoms with Crippen LogP contribution in [0.2, 0.25) is 0 Å². The number of rotatable bonds is 5. The SMILES string of the molecule is O=C(ONCC(O)CO)c1ccccc1. The number of benzene rings is 1. The van der Waals surface area contributed by atoms with Crippen LogP contribution >= 0.6 is 0 Å². The van der Waals surface area contributed by atoms with Crippen molar-refractivity contribution in [1.82, 2.24) is 5.48 Å². The van der Waals surface area contributed by atoms with Gasteiger partial charge in [-0.3, -0.25) is 0 Å². The summed E-state index contributed by atoms with van der Waals surface area (Å²) >= 11 is 0. The summed E-state index contributed by atoms with van der Waals surface area (Å²) in [7, 11) is 0. The fourth-order valence-corrected chi connectivity index (χ4v) is 0.901. The predicted molar refractivity (Wildman–Crippen MR) is 53.0 cm³/mol. The zero-order valence-electron chi connectivity index (χ0n) is 8.09. The molecule has 5 nitrogen and oxygen atoms in total. The molecule has 0 bridgehead atoms. The van der Waals surface area contributed by atoms with Crippen molar-refractivity contribution in [3.8, 4) is 0 Å². The minimum atomic E-state index is -0.937. The molecule has 0 heterocycles. The van der Waals surface area contributed by atoms with Gasteiger partial charge in [0.2, 0.25) is 0 Å². The normalized spacial score (nSPS) is 12.1. The number of carbonyl (C=O) groups is 1. The standard InChI is InChI=1S/C10H13NO4/c12-7-9(13)6-11-15-10(14)8-4-2-1-3-5-8/h1-5,9,11-13H,6-7H2. The lowest BCUT2D eigenvalue weighted by molar-refractivity contribution is 0.00697. The maximum absolute atomic E-state index is 11.3. The molecule has 3 N–H and O–H groups in total. The molecule has 1 rings (SSSR count). The number of aliphatic hydroxyl groups is 2. The van der Waals surface area contributed by atoms with Gasteiger partial charge in [0.05, 0.1) is 24.8 Å². The fraction of sp³-hybridized carbons (Fsp3) is 0.300. The fourth-order valence-electron chi connectivity index (χ4n) is 0.901. The van der Waals surface area contributed by atoms with Crippen molar-refractivity contribution in [1.29, 1.82) is 0 Å². The average molecular weight is 211 g/mol. The third-order valence-electron chi connectivity index (χ3n) is 1.70. The smallest absolute Gasteiger partial charge is 0.356 e. The lowest BCUT2D eigenvalue weighted by Gasteiger charge is -2.08. The van der Waals surface area contributed by atoms with E-state index < -0.39 is 12.1 Å². The van der Waals surface area contributed by atoms with Gasteiger partial charge in [-0.2, -0.15) is 5.48 Å². The molecule has 1 aromatic rings. The van der Waals surface area contributed by atoms with Gasteiger partial charge in [-0.15, -0.1) is 0 Å². The predicted octanol–water partition coefficient (Wildman–Crippen LogP) is -0.299. The molecule has 0 saturated heterocycles. The molecule has 0 fully saturated rings. The van der Waals surface area contributed by atoms with Crippen molar-refractivity contribution < 1.29 is 19.8 Å². The lowest BCUT2D eigenvalue weighted by atomic mass is 10.2. The van der Waals surface area contributed by atoms with E-state index in [9.17, 15) is 4.79 Å². The van der Waals surface area contributed by atoms with Gasteiger partial charge in [-0.25, -0.2) is 4.79 Å². The number of carbonyl (C=O) groups excluding carboxylic acids is 1. The van der Waals surface area contributed by atoms with E-state index in [0.29, 0.717) is 5.56 Å². The molecule has 0 spiro atoms. The van der Waals surface area contributed by atoms with E-state index in [-0.39, 0.29) is 13.2 Å². The van der Waals surface area contributed by atoms with Crippen LogP contribution in [0.15, 0.2) is 30.3 Å². The Morgan fingerprint density at radius 3 is 2.67 bits per heavy atom. The van der Waals surface area contributed by atoms with E-state index in [2.05, 4.69) is 10.3 Å². The Balaban J connectivity index is 2.31.